The van der Waals surface area contributed by atoms with Crippen LogP contribution in [0.1, 0.15) is 6.42 Å². The highest BCUT2D eigenvalue weighted by Gasteiger charge is 2.30. The van der Waals surface area contributed by atoms with Crippen molar-refractivity contribution < 1.29 is 4.74 Å². The molecule has 17 heavy (non-hydrogen) atoms. The molecule has 0 bridgehead atoms. The molecule has 0 unspecified atom stereocenters. The predicted molar refractivity (Wildman–Crippen MR) is 67.1 cm³/mol. The zero-order valence-corrected chi connectivity index (χ0v) is 10.7. The Hall–Kier alpha value is -1.20. The van der Waals surface area contributed by atoms with E-state index in [1.165, 1.54) is 0 Å². The van der Waals surface area contributed by atoms with Crippen LogP contribution in [0.25, 0.3) is 0 Å². The fourth-order valence-electron chi connectivity index (χ4n) is 2.31. The van der Waals surface area contributed by atoms with Gasteiger partial charge in [-0.2, -0.15) is 0 Å². The number of methoxy groups -OCH3 is 1. The third-order valence-electron chi connectivity index (χ3n) is 3.41. The van der Waals surface area contributed by atoms with Gasteiger partial charge in [0.2, 0.25) is 0 Å². The van der Waals surface area contributed by atoms with Gasteiger partial charge < -0.3 is 9.64 Å². The maximum atomic E-state index is 5.41. The topological polar surface area (TPSA) is 41.5 Å². The van der Waals surface area contributed by atoms with Gasteiger partial charge in [-0.1, -0.05) is 0 Å². The SMILES string of the molecule is CO[C@H]1C[C@@H](CN(C)c2cnccn2)N(C)C1. The lowest BCUT2D eigenvalue weighted by molar-refractivity contribution is 0.111. The fourth-order valence-corrected chi connectivity index (χ4v) is 2.31. The van der Waals surface area contributed by atoms with E-state index in [1.54, 1.807) is 25.7 Å². The first kappa shape index (κ1) is 12.3. The summed E-state index contributed by atoms with van der Waals surface area (Å²) in [5.74, 6) is 0.918. The zero-order valence-electron chi connectivity index (χ0n) is 10.7. The molecule has 0 N–H and O–H groups in total. The zero-order chi connectivity index (χ0) is 12.3. The van der Waals surface area contributed by atoms with Gasteiger partial charge in [0.05, 0.1) is 12.3 Å². The molecule has 94 valence electrons. The summed E-state index contributed by atoms with van der Waals surface area (Å²) in [7, 11) is 5.99. The van der Waals surface area contributed by atoms with Crippen LogP contribution in [0.15, 0.2) is 18.6 Å². The van der Waals surface area contributed by atoms with E-state index in [1.807, 2.05) is 0 Å². The smallest absolute Gasteiger partial charge is 0.146 e. The molecule has 1 fully saturated rings. The predicted octanol–water partition coefficient (Wildman–Crippen LogP) is 0.632. The molecule has 5 nitrogen and oxygen atoms in total. The van der Waals surface area contributed by atoms with Crippen molar-refractivity contribution >= 4 is 5.82 Å². The van der Waals surface area contributed by atoms with Gasteiger partial charge in [0.15, 0.2) is 0 Å². The molecule has 1 aliphatic heterocycles. The van der Waals surface area contributed by atoms with Crippen LogP contribution in [0.4, 0.5) is 5.82 Å². The molecule has 0 spiro atoms. The van der Waals surface area contributed by atoms with Crippen molar-refractivity contribution in [2.75, 3.05) is 39.2 Å². The van der Waals surface area contributed by atoms with E-state index in [0.717, 1.165) is 25.3 Å². The van der Waals surface area contributed by atoms with Crippen molar-refractivity contribution in [2.24, 2.45) is 0 Å². The Morgan fingerprint density at radius 2 is 2.35 bits per heavy atom. The van der Waals surface area contributed by atoms with E-state index in [4.69, 9.17) is 4.74 Å². The van der Waals surface area contributed by atoms with Gasteiger partial charge in [0.25, 0.3) is 0 Å². The largest absolute Gasteiger partial charge is 0.380 e. The standard InChI is InChI=1S/C12H20N4O/c1-15-9-11(17-3)6-10(15)8-16(2)12-7-13-4-5-14-12/h4-5,7,10-11H,6,8-9H2,1-3H3/t10-,11-/m0/s1. The number of aromatic nitrogens is 2. The van der Waals surface area contributed by atoms with Gasteiger partial charge >= 0.3 is 0 Å². The van der Waals surface area contributed by atoms with Crippen LogP contribution in [0.2, 0.25) is 0 Å². The van der Waals surface area contributed by atoms with Gasteiger partial charge in [-0.3, -0.25) is 9.88 Å². The lowest BCUT2D eigenvalue weighted by atomic mass is 10.2. The van der Waals surface area contributed by atoms with Crippen LogP contribution in [-0.2, 0) is 4.74 Å². The molecule has 2 rings (SSSR count). The van der Waals surface area contributed by atoms with Crippen LogP contribution in [0, 0.1) is 0 Å². The number of ether oxygens (including phenoxy) is 1. The first-order valence-corrected chi connectivity index (χ1v) is 5.91. The fraction of sp³-hybridized carbons (Fsp3) is 0.667. The average Bonchev–Trinajstić information content (AvgIpc) is 2.71. The number of hydrogen-bond acceptors (Lipinski definition) is 5. The Balaban J connectivity index is 1.93. The second-order valence-corrected chi connectivity index (χ2v) is 4.63. The highest BCUT2D eigenvalue weighted by atomic mass is 16.5. The summed E-state index contributed by atoms with van der Waals surface area (Å²) >= 11 is 0. The van der Waals surface area contributed by atoms with Gasteiger partial charge in [0, 0.05) is 45.7 Å². The van der Waals surface area contributed by atoms with E-state index < -0.39 is 0 Å². The lowest BCUT2D eigenvalue weighted by Crippen LogP contribution is -2.36. The van der Waals surface area contributed by atoms with Crippen molar-refractivity contribution in [1.82, 2.24) is 14.9 Å². The van der Waals surface area contributed by atoms with Crippen molar-refractivity contribution in [3.05, 3.63) is 18.6 Å². The first-order valence-electron chi connectivity index (χ1n) is 5.91. The summed E-state index contributed by atoms with van der Waals surface area (Å²) in [6.45, 7) is 1.96. The number of hydrogen-bond donors (Lipinski definition) is 0. The van der Waals surface area contributed by atoms with E-state index in [0.29, 0.717) is 12.1 Å². The van der Waals surface area contributed by atoms with Crippen molar-refractivity contribution in [2.45, 2.75) is 18.6 Å². The molecule has 1 aliphatic rings. The van der Waals surface area contributed by atoms with E-state index >= 15 is 0 Å². The molecule has 1 aromatic rings. The molecule has 1 aromatic heterocycles. The summed E-state index contributed by atoms with van der Waals surface area (Å²) in [6, 6.07) is 0.520. The highest BCUT2D eigenvalue weighted by Crippen LogP contribution is 2.19. The quantitative estimate of drug-likeness (QED) is 0.767. The highest BCUT2D eigenvalue weighted by molar-refractivity contribution is 5.33. The molecule has 2 atom stereocenters. The van der Waals surface area contributed by atoms with Crippen molar-refractivity contribution in [3.63, 3.8) is 0 Å². The van der Waals surface area contributed by atoms with E-state index in [9.17, 15) is 0 Å². The minimum absolute atomic E-state index is 0.361. The normalized spacial score (nSPS) is 25.1. The summed E-state index contributed by atoms with van der Waals surface area (Å²) < 4.78 is 5.41. The Morgan fingerprint density at radius 1 is 1.53 bits per heavy atom. The van der Waals surface area contributed by atoms with E-state index in [2.05, 4.69) is 33.9 Å². The molecular formula is C12H20N4O. The molecule has 2 heterocycles. The first-order chi connectivity index (χ1) is 8.20. The minimum Gasteiger partial charge on any atom is -0.380 e. The molecule has 0 aliphatic carbocycles. The molecule has 0 saturated carbocycles. The monoisotopic (exact) mass is 236 g/mol. The molecule has 1 saturated heterocycles. The number of rotatable bonds is 4. The molecule has 0 amide bonds. The Labute approximate surface area is 102 Å². The number of nitrogens with zero attached hydrogens (tertiary/aromatic N) is 4. The molecule has 0 radical (unpaired) electrons. The summed E-state index contributed by atoms with van der Waals surface area (Å²) in [5.41, 5.74) is 0. The lowest BCUT2D eigenvalue weighted by Gasteiger charge is -2.25. The van der Waals surface area contributed by atoms with Crippen molar-refractivity contribution in [1.29, 1.82) is 0 Å². The van der Waals surface area contributed by atoms with Gasteiger partial charge in [-0.15, -0.1) is 0 Å². The third-order valence-corrected chi connectivity index (χ3v) is 3.41. The van der Waals surface area contributed by atoms with E-state index in [-0.39, 0.29) is 0 Å². The number of anilines is 1. The Kier molecular flexibility index (Phi) is 3.91. The number of likely N-dealkylation sites (N-methyl/N-ethyl adjacent to an activating group) is 2. The molecule has 0 aromatic carbocycles. The van der Waals surface area contributed by atoms with Crippen LogP contribution in [0.5, 0.6) is 0 Å². The number of likely N-dealkylation sites (tertiary alicyclic amines) is 1. The van der Waals surface area contributed by atoms with Crippen LogP contribution < -0.4 is 4.90 Å². The Bertz CT molecular complexity index is 346. The van der Waals surface area contributed by atoms with Crippen molar-refractivity contribution in [3.8, 4) is 0 Å². The maximum Gasteiger partial charge on any atom is 0.146 e. The van der Waals surface area contributed by atoms with Crippen LogP contribution >= 0.6 is 0 Å². The average molecular weight is 236 g/mol. The summed E-state index contributed by atoms with van der Waals surface area (Å²) in [4.78, 5) is 12.9. The summed E-state index contributed by atoms with van der Waals surface area (Å²) in [5, 5.41) is 0. The third kappa shape index (κ3) is 2.92. The molecular weight excluding hydrogens is 216 g/mol. The van der Waals surface area contributed by atoms with Gasteiger partial charge in [-0.05, 0) is 13.5 Å². The molecule has 5 heteroatoms. The Morgan fingerprint density at radius 3 is 2.94 bits per heavy atom. The second-order valence-electron chi connectivity index (χ2n) is 4.63. The van der Waals surface area contributed by atoms with Crippen LogP contribution in [0.3, 0.4) is 0 Å². The second kappa shape index (κ2) is 5.42. The minimum atomic E-state index is 0.361. The summed E-state index contributed by atoms with van der Waals surface area (Å²) in [6.07, 6.45) is 6.66. The maximum absolute atomic E-state index is 5.41. The van der Waals surface area contributed by atoms with Crippen LogP contribution in [-0.4, -0.2) is 61.3 Å². The van der Waals surface area contributed by atoms with Gasteiger partial charge in [-0.25, -0.2) is 4.98 Å². The van der Waals surface area contributed by atoms with Gasteiger partial charge in [0.1, 0.15) is 5.82 Å².